The summed E-state index contributed by atoms with van der Waals surface area (Å²) >= 11 is 0. The summed E-state index contributed by atoms with van der Waals surface area (Å²) in [6, 6.07) is 0. The third-order valence-corrected chi connectivity index (χ3v) is 3.11. The third kappa shape index (κ3) is 1.67. The molecule has 0 atom stereocenters. The van der Waals surface area contributed by atoms with E-state index < -0.39 is 17.5 Å². The average molecular weight is 277 g/mol. The molecule has 0 spiro atoms. The molecule has 1 aromatic rings. The van der Waals surface area contributed by atoms with Gasteiger partial charge in [0, 0.05) is 13.1 Å². The lowest BCUT2D eigenvalue weighted by Crippen LogP contribution is -2.21. The van der Waals surface area contributed by atoms with Crippen molar-refractivity contribution < 1.29 is 28.7 Å². The number of fused-ring (bicyclic) bond motifs is 1. The molecule has 104 valence electrons. The van der Waals surface area contributed by atoms with Gasteiger partial charge in [-0.15, -0.1) is 0 Å². The van der Waals surface area contributed by atoms with Crippen molar-refractivity contribution >= 4 is 23.8 Å². The molecule has 0 fully saturated rings. The van der Waals surface area contributed by atoms with Gasteiger partial charge in [0.2, 0.25) is 11.6 Å². The number of carbonyl (C=O) groups is 4. The smallest absolute Gasteiger partial charge is 0.340 e. The minimum Gasteiger partial charge on any atom is -0.492 e. The number of aromatic nitrogens is 1. The van der Waals surface area contributed by atoms with Gasteiger partial charge >= 0.3 is 5.97 Å². The van der Waals surface area contributed by atoms with E-state index in [2.05, 4.69) is 4.74 Å². The molecule has 1 aliphatic carbocycles. The second kappa shape index (κ2) is 4.76. The minimum atomic E-state index is -0.859. The Bertz CT molecular complexity index is 680. The summed E-state index contributed by atoms with van der Waals surface area (Å²) in [7, 11) is 3.79. The third-order valence-electron chi connectivity index (χ3n) is 3.11. The number of methoxy groups -OCH3 is 2. The Morgan fingerprint density at radius 1 is 1.30 bits per heavy atom. The average Bonchev–Trinajstić information content (AvgIpc) is 2.75. The lowest BCUT2D eigenvalue weighted by Gasteiger charge is -2.12. The van der Waals surface area contributed by atoms with Gasteiger partial charge in [0.25, 0.3) is 0 Å². The summed E-state index contributed by atoms with van der Waals surface area (Å²) in [6.45, 7) is 0. The maximum atomic E-state index is 12.2. The van der Waals surface area contributed by atoms with Crippen LogP contribution in [0.5, 0.6) is 0 Å². The summed E-state index contributed by atoms with van der Waals surface area (Å²) in [5.74, 6) is -2.19. The van der Waals surface area contributed by atoms with Crippen molar-refractivity contribution in [3.8, 4) is 0 Å². The molecule has 20 heavy (non-hydrogen) atoms. The number of rotatable bonds is 3. The molecule has 0 amide bonds. The van der Waals surface area contributed by atoms with E-state index in [1.807, 2.05) is 0 Å². The van der Waals surface area contributed by atoms with Crippen LogP contribution in [0.2, 0.25) is 0 Å². The standard InChI is InChI=1S/C13H11NO6/c1-14-6(5-15)9(13(18)20-3)10-11(14)7(16)4-8(19-2)12(10)17/h4-5H,1-3H3. The molecule has 2 rings (SSSR count). The van der Waals surface area contributed by atoms with Gasteiger partial charge in [-0.05, 0) is 0 Å². The maximum absolute atomic E-state index is 12.2. The van der Waals surface area contributed by atoms with Crippen LogP contribution in [0.1, 0.15) is 41.7 Å². The first-order chi connectivity index (χ1) is 9.47. The molecule has 1 aromatic heterocycles. The molecule has 1 heterocycles. The highest BCUT2D eigenvalue weighted by molar-refractivity contribution is 6.27. The predicted octanol–water partition coefficient (Wildman–Crippen LogP) is 0.533. The molecule has 0 bridgehead atoms. The number of Topliss-reactive ketones (excluding diaryl/α,β-unsaturated/α-hetero) is 1. The molecule has 0 saturated carbocycles. The normalized spacial score (nSPS) is 13.7. The van der Waals surface area contributed by atoms with Gasteiger partial charge in [-0.3, -0.25) is 14.4 Å². The molecule has 0 radical (unpaired) electrons. The maximum Gasteiger partial charge on any atom is 0.340 e. The topological polar surface area (TPSA) is 91.7 Å². The van der Waals surface area contributed by atoms with Crippen LogP contribution in [-0.2, 0) is 16.5 Å². The SMILES string of the molecule is COC(=O)c1c2c(n(C)c1C=O)C(=O)C=C(OC)C2=O. The van der Waals surface area contributed by atoms with E-state index >= 15 is 0 Å². The fourth-order valence-corrected chi connectivity index (χ4v) is 2.19. The molecule has 0 saturated heterocycles. The number of hydrogen-bond donors (Lipinski definition) is 0. The molecular weight excluding hydrogens is 266 g/mol. The molecular formula is C13H11NO6. The van der Waals surface area contributed by atoms with E-state index in [9.17, 15) is 19.2 Å². The number of ether oxygens (including phenoxy) is 2. The number of aldehydes is 1. The van der Waals surface area contributed by atoms with Crippen molar-refractivity contribution in [2.45, 2.75) is 0 Å². The van der Waals surface area contributed by atoms with Gasteiger partial charge in [0.05, 0.1) is 25.5 Å². The Hall–Kier alpha value is -2.70. The summed E-state index contributed by atoms with van der Waals surface area (Å²) in [5.41, 5.74) is -0.501. The van der Waals surface area contributed by atoms with Crippen molar-refractivity contribution in [1.82, 2.24) is 4.57 Å². The van der Waals surface area contributed by atoms with Crippen molar-refractivity contribution in [2.24, 2.45) is 7.05 Å². The number of carbonyl (C=O) groups excluding carboxylic acids is 4. The quantitative estimate of drug-likeness (QED) is 0.591. The van der Waals surface area contributed by atoms with Gasteiger partial charge in [0.1, 0.15) is 11.3 Å². The van der Waals surface area contributed by atoms with Crippen LogP contribution < -0.4 is 0 Å². The fraction of sp³-hybridized carbons (Fsp3) is 0.231. The molecule has 1 aliphatic rings. The first-order valence-electron chi connectivity index (χ1n) is 5.58. The lowest BCUT2D eigenvalue weighted by molar-refractivity contribution is 0.0594. The minimum absolute atomic E-state index is 0.0294. The van der Waals surface area contributed by atoms with E-state index in [1.165, 1.54) is 18.7 Å². The Balaban J connectivity index is 2.84. The summed E-state index contributed by atoms with van der Waals surface area (Å²) in [4.78, 5) is 47.2. The monoisotopic (exact) mass is 277 g/mol. The van der Waals surface area contributed by atoms with Gasteiger partial charge in [0.15, 0.2) is 12.0 Å². The van der Waals surface area contributed by atoms with Crippen LogP contribution >= 0.6 is 0 Å². The molecule has 0 N–H and O–H groups in total. The van der Waals surface area contributed by atoms with E-state index in [1.54, 1.807) is 0 Å². The van der Waals surface area contributed by atoms with E-state index in [0.29, 0.717) is 6.29 Å². The predicted molar refractivity (Wildman–Crippen MR) is 65.9 cm³/mol. The summed E-state index contributed by atoms with van der Waals surface area (Å²) in [6.07, 6.45) is 1.43. The van der Waals surface area contributed by atoms with Crippen molar-refractivity contribution in [3.05, 3.63) is 34.3 Å². The zero-order valence-electron chi connectivity index (χ0n) is 11.1. The Morgan fingerprint density at radius 3 is 2.45 bits per heavy atom. The summed E-state index contributed by atoms with van der Waals surface area (Å²) in [5, 5.41) is 0. The Kier molecular flexibility index (Phi) is 3.27. The van der Waals surface area contributed by atoms with E-state index in [4.69, 9.17) is 4.74 Å². The number of hydrogen-bond acceptors (Lipinski definition) is 6. The van der Waals surface area contributed by atoms with Crippen molar-refractivity contribution in [1.29, 1.82) is 0 Å². The highest BCUT2D eigenvalue weighted by atomic mass is 16.5. The van der Waals surface area contributed by atoms with Gasteiger partial charge in [-0.2, -0.15) is 0 Å². The van der Waals surface area contributed by atoms with Crippen LogP contribution in [0.25, 0.3) is 0 Å². The van der Waals surface area contributed by atoms with Crippen molar-refractivity contribution in [2.75, 3.05) is 14.2 Å². The zero-order chi connectivity index (χ0) is 15.0. The van der Waals surface area contributed by atoms with E-state index in [-0.39, 0.29) is 28.3 Å². The van der Waals surface area contributed by atoms with Crippen LogP contribution in [0.15, 0.2) is 11.8 Å². The number of allylic oxidation sites excluding steroid dienone is 2. The molecule has 7 nitrogen and oxygen atoms in total. The van der Waals surface area contributed by atoms with Gasteiger partial charge < -0.3 is 14.0 Å². The van der Waals surface area contributed by atoms with E-state index in [0.717, 1.165) is 13.2 Å². The van der Waals surface area contributed by atoms with Crippen LogP contribution in [0.4, 0.5) is 0 Å². The first kappa shape index (κ1) is 13.7. The van der Waals surface area contributed by atoms with Gasteiger partial charge in [-0.1, -0.05) is 0 Å². The summed E-state index contributed by atoms with van der Waals surface area (Å²) < 4.78 is 10.6. The lowest BCUT2D eigenvalue weighted by atomic mass is 9.96. The Morgan fingerprint density at radius 2 is 1.95 bits per heavy atom. The van der Waals surface area contributed by atoms with Crippen LogP contribution in [0.3, 0.4) is 0 Å². The number of esters is 1. The highest BCUT2D eigenvalue weighted by Crippen LogP contribution is 2.29. The number of ketones is 2. The highest BCUT2D eigenvalue weighted by Gasteiger charge is 2.37. The first-order valence-corrected chi connectivity index (χ1v) is 5.58. The largest absolute Gasteiger partial charge is 0.492 e. The second-order valence-corrected chi connectivity index (χ2v) is 4.06. The van der Waals surface area contributed by atoms with Crippen molar-refractivity contribution in [3.63, 3.8) is 0 Å². The second-order valence-electron chi connectivity index (χ2n) is 4.06. The van der Waals surface area contributed by atoms with Gasteiger partial charge in [-0.25, -0.2) is 4.79 Å². The Labute approximate surface area is 113 Å². The molecule has 0 unspecified atom stereocenters. The fourth-order valence-electron chi connectivity index (χ4n) is 2.19. The molecule has 7 heteroatoms. The van der Waals surface area contributed by atoms with Crippen LogP contribution in [-0.4, -0.2) is 42.6 Å². The van der Waals surface area contributed by atoms with Crippen LogP contribution in [0, 0.1) is 0 Å². The molecule has 0 aliphatic heterocycles. The molecule has 0 aromatic carbocycles. The zero-order valence-corrected chi connectivity index (χ0v) is 11.1. The number of nitrogens with zero attached hydrogens (tertiary/aromatic N) is 1.